The maximum absolute atomic E-state index is 12.5. The summed E-state index contributed by atoms with van der Waals surface area (Å²) in [6.07, 6.45) is 0. The van der Waals surface area contributed by atoms with Crippen molar-refractivity contribution >= 4 is 20.9 Å². The lowest BCUT2D eigenvalue weighted by Gasteiger charge is -2.09. The van der Waals surface area contributed by atoms with E-state index in [0.29, 0.717) is 19.0 Å². The van der Waals surface area contributed by atoms with Crippen molar-refractivity contribution in [3.63, 3.8) is 0 Å². The molecule has 0 saturated carbocycles. The molecule has 0 radical (unpaired) electrons. The van der Waals surface area contributed by atoms with Crippen LogP contribution in [0.25, 0.3) is 10.9 Å². The second-order valence-corrected chi connectivity index (χ2v) is 7.69. The molecule has 0 aliphatic rings. The van der Waals surface area contributed by atoms with E-state index >= 15 is 0 Å². The number of H-pyrrole nitrogens is 2. The van der Waals surface area contributed by atoms with Gasteiger partial charge in [-0.2, -0.15) is 0 Å². The summed E-state index contributed by atoms with van der Waals surface area (Å²) >= 11 is 0. The number of fused-ring (bicyclic) bond motifs is 1. The molecule has 0 amide bonds. The van der Waals surface area contributed by atoms with Crippen LogP contribution in [-0.2, 0) is 21.3 Å². The van der Waals surface area contributed by atoms with E-state index in [-0.39, 0.29) is 22.3 Å². The minimum Gasteiger partial charge on any atom is -0.491 e. The molecule has 0 aliphatic heterocycles. The third-order valence-electron chi connectivity index (χ3n) is 3.97. The van der Waals surface area contributed by atoms with E-state index in [2.05, 4.69) is 14.7 Å². The number of hydrogen-bond acceptors (Lipinski definition) is 6. The highest BCUT2D eigenvalue weighted by atomic mass is 32.2. The highest BCUT2D eigenvalue weighted by Crippen LogP contribution is 2.16. The zero-order valence-electron chi connectivity index (χ0n) is 15.0. The third kappa shape index (κ3) is 4.66. The Morgan fingerprint density at radius 1 is 1.00 bits per heavy atom. The van der Waals surface area contributed by atoms with Crippen molar-refractivity contribution in [3.8, 4) is 5.75 Å². The average molecular weight is 405 g/mol. The van der Waals surface area contributed by atoms with Crippen molar-refractivity contribution in [3.05, 3.63) is 68.9 Å². The molecule has 28 heavy (non-hydrogen) atoms. The molecule has 0 unspecified atom stereocenters. The molecule has 148 valence electrons. The summed E-state index contributed by atoms with van der Waals surface area (Å²) in [5, 5.41) is 0.0834. The van der Waals surface area contributed by atoms with Gasteiger partial charge in [-0.15, -0.1) is 0 Å². The van der Waals surface area contributed by atoms with Gasteiger partial charge in [0.2, 0.25) is 10.0 Å². The molecular formula is C18H19N3O6S. The first-order chi connectivity index (χ1) is 13.4. The van der Waals surface area contributed by atoms with E-state index in [1.54, 1.807) is 31.4 Å². The molecule has 2 aromatic carbocycles. The highest BCUT2D eigenvalue weighted by molar-refractivity contribution is 7.89. The number of aromatic amines is 2. The Labute approximate surface area is 160 Å². The van der Waals surface area contributed by atoms with Gasteiger partial charge in [0.05, 0.1) is 22.4 Å². The zero-order chi connectivity index (χ0) is 20.1. The Hall–Kier alpha value is -2.95. The Kier molecular flexibility index (Phi) is 5.93. The number of rotatable bonds is 8. The maximum Gasteiger partial charge on any atom is 0.326 e. The molecule has 0 aliphatic carbocycles. The van der Waals surface area contributed by atoms with E-state index in [4.69, 9.17) is 9.47 Å². The van der Waals surface area contributed by atoms with Gasteiger partial charge in [0.1, 0.15) is 12.4 Å². The SMILES string of the molecule is COCCOc1ccc(CNS(=O)(=O)c2ccc3[nH]c(=O)[nH]c(=O)c3c2)cc1. The fourth-order valence-corrected chi connectivity index (χ4v) is 3.56. The molecular weight excluding hydrogens is 386 g/mol. The lowest BCUT2D eigenvalue weighted by molar-refractivity contribution is 0.146. The fourth-order valence-electron chi connectivity index (χ4n) is 2.52. The van der Waals surface area contributed by atoms with Crippen molar-refractivity contribution in [1.29, 1.82) is 0 Å². The zero-order valence-corrected chi connectivity index (χ0v) is 15.8. The summed E-state index contributed by atoms with van der Waals surface area (Å²) in [4.78, 5) is 27.6. The quantitative estimate of drug-likeness (QED) is 0.474. The molecule has 0 spiro atoms. The van der Waals surface area contributed by atoms with Gasteiger partial charge in [-0.05, 0) is 35.9 Å². The summed E-state index contributed by atoms with van der Waals surface area (Å²) in [6.45, 7) is 0.972. The first-order valence-electron chi connectivity index (χ1n) is 8.36. The molecule has 3 rings (SSSR count). The Balaban J connectivity index is 1.72. The van der Waals surface area contributed by atoms with Crippen LogP contribution in [0.15, 0.2) is 56.9 Å². The van der Waals surface area contributed by atoms with Crippen LogP contribution in [0.5, 0.6) is 5.75 Å². The van der Waals surface area contributed by atoms with Crippen molar-refractivity contribution < 1.29 is 17.9 Å². The van der Waals surface area contributed by atoms with E-state index < -0.39 is 21.3 Å². The summed E-state index contributed by atoms with van der Waals surface area (Å²) in [5.41, 5.74) is -0.303. The first-order valence-corrected chi connectivity index (χ1v) is 9.84. The molecule has 10 heteroatoms. The number of hydrogen-bond donors (Lipinski definition) is 3. The third-order valence-corrected chi connectivity index (χ3v) is 5.37. The predicted octanol–water partition coefficient (Wildman–Crippen LogP) is 0.720. The molecule has 3 aromatic rings. The first kappa shape index (κ1) is 19.8. The largest absolute Gasteiger partial charge is 0.491 e. The molecule has 0 saturated heterocycles. The summed E-state index contributed by atoms with van der Waals surface area (Å²) in [5.74, 6) is 0.659. The standard InChI is InChI=1S/C18H19N3O6S/c1-26-8-9-27-13-4-2-12(3-5-13)11-19-28(24,25)14-6-7-16-15(10-14)17(22)21-18(23)20-16/h2-7,10,19H,8-9,11H2,1H3,(H2,20,21,22,23). The van der Waals surface area contributed by atoms with Gasteiger partial charge in [0.25, 0.3) is 5.56 Å². The van der Waals surface area contributed by atoms with Gasteiger partial charge in [-0.1, -0.05) is 12.1 Å². The molecule has 1 aromatic heterocycles. The van der Waals surface area contributed by atoms with Crippen LogP contribution in [0.2, 0.25) is 0 Å². The minimum absolute atomic E-state index is 0.0701. The Bertz CT molecular complexity index is 1180. The van der Waals surface area contributed by atoms with Crippen LogP contribution >= 0.6 is 0 Å². The normalized spacial score (nSPS) is 11.6. The van der Waals surface area contributed by atoms with Gasteiger partial charge in [0, 0.05) is 13.7 Å². The van der Waals surface area contributed by atoms with Crippen molar-refractivity contribution in [2.24, 2.45) is 0 Å². The van der Waals surface area contributed by atoms with Crippen molar-refractivity contribution in [2.45, 2.75) is 11.4 Å². The topological polar surface area (TPSA) is 130 Å². The van der Waals surface area contributed by atoms with Gasteiger partial charge >= 0.3 is 5.69 Å². The van der Waals surface area contributed by atoms with Gasteiger partial charge < -0.3 is 14.5 Å². The molecule has 3 N–H and O–H groups in total. The van der Waals surface area contributed by atoms with Crippen molar-refractivity contribution in [1.82, 2.24) is 14.7 Å². The van der Waals surface area contributed by atoms with Crippen LogP contribution in [-0.4, -0.2) is 38.7 Å². The van der Waals surface area contributed by atoms with E-state index in [0.717, 1.165) is 5.56 Å². The van der Waals surface area contributed by atoms with Gasteiger partial charge in [0.15, 0.2) is 0 Å². The maximum atomic E-state index is 12.5. The number of ether oxygens (including phenoxy) is 2. The molecule has 1 heterocycles. The summed E-state index contributed by atoms with van der Waals surface area (Å²) in [6, 6.07) is 10.9. The highest BCUT2D eigenvalue weighted by Gasteiger charge is 2.15. The minimum atomic E-state index is -3.85. The van der Waals surface area contributed by atoms with Gasteiger partial charge in [-0.25, -0.2) is 17.9 Å². The lowest BCUT2D eigenvalue weighted by atomic mass is 10.2. The smallest absolute Gasteiger partial charge is 0.326 e. The number of nitrogens with one attached hydrogen (secondary N) is 3. The number of methoxy groups -OCH3 is 1. The van der Waals surface area contributed by atoms with Crippen LogP contribution < -0.4 is 20.7 Å². The predicted molar refractivity (Wildman–Crippen MR) is 103 cm³/mol. The number of aromatic nitrogens is 2. The molecule has 0 atom stereocenters. The molecule has 0 bridgehead atoms. The van der Waals surface area contributed by atoms with Crippen LogP contribution in [0.3, 0.4) is 0 Å². The Morgan fingerprint density at radius 3 is 2.46 bits per heavy atom. The number of sulfonamides is 1. The van der Waals surface area contributed by atoms with Crippen LogP contribution in [0.1, 0.15) is 5.56 Å². The Morgan fingerprint density at radius 2 is 1.75 bits per heavy atom. The van der Waals surface area contributed by atoms with Crippen molar-refractivity contribution in [2.75, 3.05) is 20.3 Å². The van der Waals surface area contributed by atoms with Crippen LogP contribution in [0.4, 0.5) is 0 Å². The second-order valence-electron chi connectivity index (χ2n) is 5.93. The summed E-state index contributed by atoms with van der Waals surface area (Å²) in [7, 11) is -2.26. The summed E-state index contributed by atoms with van der Waals surface area (Å²) < 4.78 is 37.9. The van der Waals surface area contributed by atoms with Crippen LogP contribution in [0, 0.1) is 0 Å². The van der Waals surface area contributed by atoms with E-state index in [1.165, 1.54) is 18.2 Å². The second kappa shape index (κ2) is 8.38. The van der Waals surface area contributed by atoms with E-state index in [9.17, 15) is 18.0 Å². The molecule has 0 fully saturated rings. The average Bonchev–Trinajstić information content (AvgIpc) is 2.67. The lowest BCUT2D eigenvalue weighted by Crippen LogP contribution is -2.25. The monoisotopic (exact) mass is 405 g/mol. The molecule has 9 nitrogen and oxygen atoms in total. The van der Waals surface area contributed by atoms with Gasteiger partial charge in [-0.3, -0.25) is 9.78 Å². The fraction of sp³-hybridized carbons (Fsp3) is 0.222. The number of benzene rings is 2. The van der Waals surface area contributed by atoms with E-state index in [1.807, 2.05) is 0 Å².